The number of methoxy groups -OCH3 is 1. The predicted molar refractivity (Wildman–Crippen MR) is 155 cm³/mol. The second kappa shape index (κ2) is 11.6. The Morgan fingerprint density at radius 1 is 1.05 bits per heavy atom. The molecule has 0 spiro atoms. The number of carbonyl (C=O) groups is 3. The number of allylic oxidation sites excluding steroid dienone is 1. The van der Waals surface area contributed by atoms with E-state index in [1.54, 1.807) is 25.3 Å². The molecule has 3 atom stereocenters. The number of hydrogen-bond acceptors (Lipinski definition) is 9. The Bertz CT molecular complexity index is 1500. The molecule has 1 fully saturated rings. The second-order valence-electron chi connectivity index (χ2n) is 12.5. The highest BCUT2D eigenvalue weighted by Gasteiger charge is 2.46. The van der Waals surface area contributed by atoms with Crippen molar-refractivity contribution in [2.75, 3.05) is 13.7 Å². The maximum absolute atomic E-state index is 13.7. The SMILES string of the molecule is C/C=C1\CN2[C@H](C#N)Cc3c(n(C(=O)OC(C)(C)C)c4ccccc34)[C@@H]2C[C@@H]1/C(=C/OC(=O)OC(C)(C)C)C(=O)OC. The standard InChI is InChI=1S/C32H39N3O7/c1-9-19-17-34-20(16-33)14-23-21-12-10-11-13-25(21)35(29(37)41-31(2,3)4)27(23)26(34)15-22(19)24(28(36)39-8)18-40-30(38)42-32(5,6)7/h9-13,18,20,22,26H,14-15,17H2,1-8H3/b19-9+,24-18-/t20-,22-,26-/m0/s1. The van der Waals surface area contributed by atoms with Crippen LogP contribution in [-0.4, -0.2) is 58.6 Å². The minimum atomic E-state index is -0.946. The van der Waals surface area contributed by atoms with Gasteiger partial charge in [0, 0.05) is 24.3 Å². The summed E-state index contributed by atoms with van der Waals surface area (Å²) in [5.41, 5.74) is 1.81. The van der Waals surface area contributed by atoms with Gasteiger partial charge in [0.1, 0.15) is 23.5 Å². The van der Waals surface area contributed by atoms with Crippen molar-refractivity contribution in [3.63, 3.8) is 0 Å². The first-order chi connectivity index (χ1) is 19.7. The van der Waals surface area contributed by atoms with Crippen molar-refractivity contribution >= 4 is 29.1 Å². The molecule has 2 aromatic rings. The van der Waals surface area contributed by atoms with Crippen molar-refractivity contribution in [1.29, 1.82) is 5.26 Å². The molecule has 10 heteroatoms. The fraction of sp³-hybridized carbons (Fsp3) is 0.500. The van der Waals surface area contributed by atoms with E-state index in [1.165, 1.54) is 7.11 Å². The second-order valence-corrected chi connectivity index (χ2v) is 12.5. The number of esters is 1. The Morgan fingerprint density at radius 2 is 1.71 bits per heavy atom. The average Bonchev–Trinajstić information content (AvgIpc) is 3.24. The molecule has 224 valence electrons. The number of nitrogens with zero attached hydrogens (tertiary/aromatic N) is 3. The number of hydrogen-bond donors (Lipinski definition) is 0. The van der Waals surface area contributed by atoms with Gasteiger partial charge in [-0.25, -0.2) is 19.0 Å². The van der Waals surface area contributed by atoms with E-state index in [-0.39, 0.29) is 5.57 Å². The van der Waals surface area contributed by atoms with Crippen LogP contribution < -0.4 is 0 Å². The van der Waals surface area contributed by atoms with Gasteiger partial charge in [-0.05, 0) is 66.5 Å². The number of piperidine rings is 1. The Hall–Kier alpha value is -4.10. The van der Waals surface area contributed by atoms with Crippen LogP contribution in [0.3, 0.4) is 0 Å². The lowest BCUT2D eigenvalue weighted by Crippen LogP contribution is -2.49. The van der Waals surface area contributed by atoms with Gasteiger partial charge >= 0.3 is 18.2 Å². The quantitative estimate of drug-likeness (QED) is 0.138. The Morgan fingerprint density at radius 3 is 2.31 bits per heavy atom. The van der Waals surface area contributed by atoms with Crippen molar-refractivity contribution in [1.82, 2.24) is 9.47 Å². The molecule has 0 N–H and O–H groups in total. The monoisotopic (exact) mass is 577 g/mol. The van der Waals surface area contributed by atoms with Crippen LogP contribution in [0.2, 0.25) is 0 Å². The third kappa shape index (κ3) is 6.21. The number of rotatable bonds is 3. The fourth-order valence-electron chi connectivity index (χ4n) is 5.76. The average molecular weight is 578 g/mol. The highest BCUT2D eigenvalue weighted by molar-refractivity contribution is 5.94. The van der Waals surface area contributed by atoms with Gasteiger partial charge in [-0.3, -0.25) is 4.90 Å². The zero-order chi connectivity index (χ0) is 31.0. The number of aromatic nitrogens is 1. The molecule has 4 rings (SSSR count). The van der Waals surface area contributed by atoms with Gasteiger partial charge in [-0.2, -0.15) is 5.26 Å². The van der Waals surface area contributed by atoms with E-state index in [4.69, 9.17) is 18.9 Å². The predicted octanol–water partition coefficient (Wildman–Crippen LogP) is 6.19. The first-order valence-corrected chi connectivity index (χ1v) is 14.0. The molecule has 0 unspecified atom stereocenters. The fourth-order valence-corrected chi connectivity index (χ4v) is 5.76. The van der Waals surface area contributed by atoms with Crippen LogP contribution in [0.4, 0.5) is 9.59 Å². The van der Waals surface area contributed by atoms with Gasteiger partial charge in [0.25, 0.3) is 0 Å². The van der Waals surface area contributed by atoms with Crippen LogP contribution in [0, 0.1) is 17.2 Å². The minimum absolute atomic E-state index is 0.136. The topological polar surface area (TPSA) is 120 Å². The molecule has 2 aliphatic rings. The zero-order valence-corrected chi connectivity index (χ0v) is 25.5. The molecule has 0 radical (unpaired) electrons. The first kappa shape index (κ1) is 30.8. The molecule has 0 aliphatic carbocycles. The molecule has 10 nitrogen and oxygen atoms in total. The summed E-state index contributed by atoms with van der Waals surface area (Å²) in [5.74, 6) is -1.18. The van der Waals surface area contributed by atoms with E-state index in [1.807, 2.05) is 58.0 Å². The molecular weight excluding hydrogens is 538 g/mol. The van der Waals surface area contributed by atoms with E-state index >= 15 is 0 Å². The van der Waals surface area contributed by atoms with Gasteiger partial charge in [-0.1, -0.05) is 29.8 Å². The van der Waals surface area contributed by atoms with Crippen LogP contribution in [0.5, 0.6) is 0 Å². The zero-order valence-electron chi connectivity index (χ0n) is 25.5. The normalized spacial score (nSPS) is 22.1. The summed E-state index contributed by atoms with van der Waals surface area (Å²) in [6.45, 7) is 12.8. The van der Waals surface area contributed by atoms with Gasteiger partial charge < -0.3 is 18.9 Å². The lowest BCUT2D eigenvalue weighted by atomic mass is 9.76. The minimum Gasteiger partial charge on any atom is -0.466 e. The molecular formula is C32H39N3O7. The Balaban J connectivity index is 1.85. The van der Waals surface area contributed by atoms with Crippen molar-refractivity contribution in [3.05, 3.63) is 59.0 Å². The summed E-state index contributed by atoms with van der Waals surface area (Å²) in [4.78, 5) is 41.2. The number of fused-ring (bicyclic) bond motifs is 5. The van der Waals surface area contributed by atoms with Crippen molar-refractivity contribution < 1.29 is 33.3 Å². The number of benzene rings is 1. The molecule has 1 aromatic carbocycles. The number of carbonyl (C=O) groups excluding carboxylic acids is 3. The van der Waals surface area contributed by atoms with E-state index in [9.17, 15) is 19.6 Å². The van der Waals surface area contributed by atoms with Crippen molar-refractivity contribution in [3.8, 4) is 6.07 Å². The van der Waals surface area contributed by atoms with Crippen LogP contribution in [0.1, 0.15) is 72.2 Å². The highest BCUT2D eigenvalue weighted by Crippen LogP contribution is 2.48. The van der Waals surface area contributed by atoms with Gasteiger partial charge in [-0.15, -0.1) is 0 Å². The first-order valence-electron chi connectivity index (χ1n) is 14.0. The van der Waals surface area contributed by atoms with Crippen LogP contribution in [0.15, 0.2) is 47.7 Å². The maximum atomic E-state index is 13.7. The lowest BCUT2D eigenvalue weighted by molar-refractivity contribution is -0.137. The van der Waals surface area contributed by atoms with Crippen molar-refractivity contribution in [2.24, 2.45) is 5.92 Å². The third-order valence-electron chi connectivity index (χ3n) is 7.37. The molecule has 2 aliphatic heterocycles. The van der Waals surface area contributed by atoms with Crippen molar-refractivity contribution in [2.45, 2.75) is 84.6 Å². The summed E-state index contributed by atoms with van der Waals surface area (Å²) in [6, 6.07) is 9.15. The summed E-state index contributed by atoms with van der Waals surface area (Å²) in [5, 5.41) is 11.1. The molecule has 0 bridgehead atoms. The molecule has 0 saturated carbocycles. The molecule has 1 aromatic heterocycles. The van der Waals surface area contributed by atoms with E-state index in [2.05, 4.69) is 11.0 Å². The van der Waals surface area contributed by atoms with Gasteiger partial charge in [0.15, 0.2) is 0 Å². The lowest BCUT2D eigenvalue weighted by Gasteiger charge is -2.46. The molecule has 1 saturated heterocycles. The van der Waals surface area contributed by atoms with Gasteiger partial charge in [0.05, 0.1) is 36.0 Å². The number of para-hydroxylation sites is 1. The Labute approximate surface area is 246 Å². The Kier molecular flexibility index (Phi) is 8.55. The third-order valence-corrected chi connectivity index (χ3v) is 7.37. The number of ether oxygens (including phenoxy) is 4. The summed E-state index contributed by atoms with van der Waals surface area (Å²) >= 11 is 0. The summed E-state index contributed by atoms with van der Waals surface area (Å²) in [6.07, 6.45) is 2.29. The maximum Gasteiger partial charge on any atom is 0.513 e. The smallest absolute Gasteiger partial charge is 0.466 e. The van der Waals surface area contributed by atoms with Crippen LogP contribution in [0.25, 0.3) is 10.9 Å². The molecule has 0 amide bonds. The summed E-state index contributed by atoms with van der Waals surface area (Å²) in [7, 11) is 1.26. The molecule has 3 heterocycles. The molecule has 42 heavy (non-hydrogen) atoms. The van der Waals surface area contributed by atoms with E-state index in [0.717, 1.165) is 28.5 Å². The largest absolute Gasteiger partial charge is 0.513 e. The summed E-state index contributed by atoms with van der Waals surface area (Å²) < 4.78 is 23.1. The van der Waals surface area contributed by atoms with E-state index < -0.39 is 47.4 Å². The van der Waals surface area contributed by atoms with E-state index in [0.29, 0.717) is 24.9 Å². The highest BCUT2D eigenvalue weighted by atomic mass is 16.7. The van der Waals surface area contributed by atoms with Crippen LogP contribution >= 0.6 is 0 Å². The van der Waals surface area contributed by atoms with Gasteiger partial charge in [0.2, 0.25) is 0 Å². The van der Waals surface area contributed by atoms with Crippen LogP contribution in [-0.2, 0) is 30.2 Å². The number of nitriles is 1.